The van der Waals surface area contributed by atoms with Gasteiger partial charge in [-0.1, -0.05) is 6.08 Å². The van der Waals surface area contributed by atoms with Crippen LogP contribution in [0.2, 0.25) is 0 Å². The van der Waals surface area contributed by atoms with Gasteiger partial charge in [0.1, 0.15) is 0 Å². The average molecular weight is 166 g/mol. The highest BCUT2D eigenvalue weighted by Gasteiger charge is 2.05. The van der Waals surface area contributed by atoms with E-state index in [9.17, 15) is 4.79 Å². The second-order valence-electron chi connectivity index (χ2n) is 2.30. The van der Waals surface area contributed by atoms with Crippen molar-refractivity contribution in [3.63, 3.8) is 0 Å². The molecule has 0 aliphatic rings. The number of carbonyl (C=O) groups is 1. The second kappa shape index (κ2) is 3.49. The molecule has 1 aromatic rings. The fourth-order valence-corrected chi connectivity index (χ4v) is 1.70. The summed E-state index contributed by atoms with van der Waals surface area (Å²) in [5, 5.41) is 1.94. The lowest BCUT2D eigenvalue weighted by atomic mass is 10.2. The molecule has 0 aliphatic heterocycles. The van der Waals surface area contributed by atoms with Crippen LogP contribution in [0.5, 0.6) is 0 Å². The van der Waals surface area contributed by atoms with Crippen molar-refractivity contribution in [2.75, 3.05) is 0 Å². The van der Waals surface area contributed by atoms with E-state index in [4.69, 9.17) is 0 Å². The first-order chi connectivity index (χ1) is 5.25. The van der Waals surface area contributed by atoms with E-state index >= 15 is 0 Å². The summed E-state index contributed by atoms with van der Waals surface area (Å²) in [6, 6.07) is 1.96. The Labute approximate surface area is 70.4 Å². The standard InChI is InChI=1S/C9H10OS/c1-3-4-8(10)9-7(2)5-6-11-9/h3-6H,1-2H3. The third-order valence-corrected chi connectivity index (χ3v) is 2.43. The summed E-state index contributed by atoms with van der Waals surface area (Å²) in [6.45, 7) is 3.80. The van der Waals surface area contributed by atoms with Crippen LogP contribution in [0.4, 0.5) is 0 Å². The van der Waals surface area contributed by atoms with Crippen LogP contribution in [0.3, 0.4) is 0 Å². The summed E-state index contributed by atoms with van der Waals surface area (Å²) in [5.74, 6) is 0.111. The molecule has 0 saturated carbocycles. The Bertz CT molecular complexity index is 284. The number of carbonyl (C=O) groups excluding carboxylic acids is 1. The molecule has 11 heavy (non-hydrogen) atoms. The Morgan fingerprint density at radius 1 is 1.64 bits per heavy atom. The van der Waals surface area contributed by atoms with Crippen LogP contribution in [0.25, 0.3) is 0 Å². The van der Waals surface area contributed by atoms with Crippen LogP contribution in [-0.2, 0) is 0 Å². The van der Waals surface area contributed by atoms with E-state index in [1.165, 1.54) is 11.3 Å². The third kappa shape index (κ3) is 1.77. The van der Waals surface area contributed by atoms with Gasteiger partial charge in [-0.3, -0.25) is 4.79 Å². The summed E-state index contributed by atoms with van der Waals surface area (Å²) in [6.07, 6.45) is 3.36. The van der Waals surface area contributed by atoms with Crippen molar-refractivity contribution in [3.05, 3.63) is 34.0 Å². The van der Waals surface area contributed by atoms with Gasteiger partial charge in [0.15, 0.2) is 5.78 Å². The first-order valence-electron chi connectivity index (χ1n) is 3.47. The highest BCUT2D eigenvalue weighted by Crippen LogP contribution is 2.16. The summed E-state index contributed by atoms with van der Waals surface area (Å²) >= 11 is 1.50. The van der Waals surface area contributed by atoms with Crippen LogP contribution < -0.4 is 0 Å². The van der Waals surface area contributed by atoms with E-state index in [0.29, 0.717) is 0 Å². The molecule has 0 aromatic carbocycles. The van der Waals surface area contributed by atoms with Gasteiger partial charge < -0.3 is 0 Å². The molecule has 0 saturated heterocycles. The molecule has 0 amide bonds. The first kappa shape index (κ1) is 8.21. The summed E-state index contributed by atoms with van der Waals surface area (Å²) < 4.78 is 0. The number of rotatable bonds is 2. The Balaban J connectivity index is 2.93. The Morgan fingerprint density at radius 3 is 2.82 bits per heavy atom. The molecular formula is C9H10OS. The SMILES string of the molecule is CC=CC(=O)c1sccc1C. The topological polar surface area (TPSA) is 17.1 Å². The number of thiophene rings is 1. The van der Waals surface area contributed by atoms with Crippen molar-refractivity contribution in [2.45, 2.75) is 13.8 Å². The molecule has 0 aliphatic carbocycles. The van der Waals surface area contributed by atoms with E-state index in [0.717, 1.165) is 10.4 Å². The summed E-state index contributed by atoms with van der Waals surface area (Å²) in [4.78, 5) is 12.1. The van der Waals surface area contributed by atoms with Gasteiger partial charge in [-0.25, -0.2) is 0 Å². The minimum atomic E-state index is 0.111. The minimum Gasteiger partial charge on any atom is -0.288 e. The van der Waals surface area contributed by atoms with Crippen molar-refractivity contribution >= 4 is 17.1 Å². The minimum absolute atomic E-state index is 0.111. The molecule has 1 nitrogen and oxygen atoms in total. The van der Waals surface area contributed by atoms with Gasteiger partial charge in [0, 0.05) is 0 Å². The van der Waals surface area contributed by atoms with E-state index in [1.54, 1.807) is 12.2 Å². The predicted molar refractivity (Wildman–Crippen MR) is 48.2 cm³/mol. The zero-order chi connectivity index (χ0) is 8.27. The van der Waals surface area contributed by atoms with Crippen molar-refractivity contribution in [1.29, 1.82) is 0 Å². The highest BCUT2D eigenvalue weighted by atomic mass is 32.1. The fraction of sp³-hybridized carbons (Fsp3) is 0.222. The van der Waals surface area contributed by atoms with Gasteiger partial charge in [-0.15, -0.1) is 11.3 Å². The maximum atomic E-state index is 11.3. The van der Waals surface area contributed by atoms with E-state index in [1.807, 2.05) is 25.3 Å². The van der Waals surface area contributed by atoms with Gasteiger partial charge in [0.2, 0.25) is 0 Å². The molecule has 0 fully saturated rings. The monoisotopic (exact) mass is 166 g/mol. The molecule has 2 heteroatoms. The molecule has 1 rings (SSSR count). The molecule has 1 aromatic heterocycles. The Hall–Kier alpha value is -0.890. The zero-order valence-corrected chi connectivity index (χ0v) is 7.44. The predicted octanol–water partition coefficient (Wildman–Crippen LogP) is 2.82. The molecule has 0 N–H and O–H groups in total. The zero-order valence-electron chi connectivity index (χ0n) is 6.63. The molecule has 0 atom stereocenters. The van der Waals surface area contributed by atoms with Gasteiger partial charge in [0.25, 0.3) is 0 Å². The van der Waals surface area contributed by atoms with Crippen molar-refractivity contribution in [2.24, 2.45) is 0 Å². The third-order valence-electron chi connectivity index (χ3n) is 1.40. The normalized spacial score (nSPS) is 10.7. The van der Waals surface area contributed by atoms with Crippen molar-refractivity contribution in [3.8, 4) is 0 Å². The van der Waals surface area contributed by atoms with Gasteiger partial charge >= 0.3 is 0 Å². The maximum absolute atomic E-state index is 11.3. The van der Waals surface area contributed by atoms with E-state index in [2.05, 4.69) is 0 Å². The van der Waals surface area contributed by atoms with Crippen molar-refractivity contribution < 1.29 is 4.79 Å². The molecule has 0 radical (unpaired) electrons. The summed E-state index contributed by atoms with van der Waals surface area (Å²) in [7, 11) is 0. The lowest BCUT2D eigenvalue weighted by molar-refractivity contribution is 0.105. The fourth-order valence-electron chi connectivity index (χ4n) is 0.852. The van der Waals surface area contributed by atoms with Crippen molar-refractivity contribution in [1.82, 2.24) is 0 Å². The van der Waals surface area contributed by atoms with E-state index < -0.39 is 0 Å². The second-order valence-corrected chi connectivity index (χ2v) is 3.21. The Morgan fingerprint density at radius 2 is 2.36 bits per heavy atom. The quantitative estimate of drug-likeness (QED) is 0.487. The maximum Gasteiger partial charge on any atom is 0.195 e. The molecule has 1 heterocycles. The smallest absolute Gasteiger partial charge is 0.195 e. The number of hydrogen-bond donors (Lipinski definition) is 0. The number of ketones is 1. The van der Waals surface area contributed by atoms with Crippen LogP contribution in [-0.4, -0.2) is 5.78 Å². The van der Waals surface area contributed by atoms with Crippen LogP contribution in [0.1, 0.15) is 22.2 Å². The lowest BCUT2D eigenvalue weighted by Gasteiger charge is -1.90. The van der Waals surface area contributed by atoms with Gasteiger partial charge in [0.05, 0.1) is 4.88 Å². The molecule has 58 valence electrons. The van der Waals surface area contributed by atoms with Crippen LogP contribution in [0.15, 0.2) is 23.6 Å². The molecular weight excluding hydrogens is 156 g/mol. The molecule has 0 spiro atoms. The van der Waals surface area contributed by atoms with Crippen LogP contribution >= 0.6 is 11.3 Å². The average Bonchev–Trinajstić information content (AvgIpc) is 2.36. The Kier molecular flexibility index (Phi) is 2.60. The van der Waals surface area contributed by atoms with E-state index in [-0.39, 0.29) is 5.78 Å². The molecule has 0 unspecified atom stereocenters. The van der Waals surface area contributed by atoms with Crippen LogP contribution in [0, 0.1) is 6.92 Å². The van der Waals surface area contributed by atoms with Gasteiger partial charge in [-0.05, 0) is 36.9 Å². The number of hydrogen-bond acceptors (Lipinski definition) is 2. The number of allylic oxidation sites excluding steroid dienone is 2. The summed E-state index contributed by atoms with van der Waals surface area (Å²) in [5.41, 5.74) is 1.07. The lowest BCUT2D eigenvalue weighted by Crippen LogP contribution is -1.91. The largest absolute Gasteiger partial charge is 0.288 e. The number of aryl methyl sites for hydroxylation is 1. The van der Waals surface area contributed by atoms with Gasteiger partial charge in [-0.2, -0.15) is 0 Å². The molecule has 0 bridgehead atoms. The highest BCUT2D eigenvalue weighted by molar-refractivity contribution is 7.12. The first-order valence-corrected chi connectivity index (χ1v) is 4.34.